The first-order valence-electron chi connectivity index (χ1n) is 8.16. The summed E-state index contributed by atoms with van der Waals surface area (Å²) >= 11 is 5.98. The molecule has 3 aromatic rings. The third kappa shape index (κ3) is 3.28. The Morgan fingerprint density at radius 1 is 1.32 bits per heavy atom. The van der Waals surface area contributed by atoms with E-state index < -0.39 is 0 Å². The lowest BCUT2D eigenvalue weighted by Gasteiger charge is -2.32. The number of carbonyl (C=O) groups is 1. The molecule has 1 aliphatic rings. The van der Waals surface area contributed by atoms with Gasteiger partial charge in [0, 0.05) is 23.8 Å². The van der Waals surface area contributed by atoms with Crippen LogP contribution in [-0.4, -0.2) is 38.9 Å². The van der Waals surface area contributed by atoms with E-state index in [2.05, 4.69) is 30.2 Å². The van der Waals surface area contributed by atoms with Crippen LogP contribution in [0.3, 0.4) is 0 Å². The molecule has 4 rings (SSSR count). The fraction of sp³-hybridized carbons (Fsp3) is 0.294. The van der Waals surface area contributed by atoms with Gasteiger partial charge >= 0.3 is 0 Å². The molecule has 8 heteroatoms. The number of piperidine rings is 1. The van der Waals surface area contributed by atoms with E-state index in [-0.39, 0.29) is 11.8 Å². The van der Waals surface area contributed by atoms with Crippen LogP contribution in [0.1, 0.15) is 12.8 Å². The molecule has 1 fully saturated rings. The van der Waals surface area contributed by atoms with Crippen LogP contribution in [0.15, 0.2) is 36.9 Å². The first-order chi connectivity index (χ1) is 12.2. The first-order valence-corrected chi connectivity index (χ1v) is 8.54. The second-order valence-corrected chi connectivity index (χ2v) is 6.52. The Labute approximate surface area is 149 Å². The van der Waals surface area contributed by atoms with Gasteiger partial charge in [0.25, 0.3) is 0 Å². The Balaban J connectivity index is 1.51. The van der Waals surface area contributed by atoms with E-state index in [0.717, 1.165) is 30.7 Å². The van der Waals surface area contributed by atoms with Gasteiger partial charge in [0.2, 0.25) is 5.91 Å². The van der Waals surface area contributed by atoms with Gasteiger partial charge < -0.3 is 15.2 Å². The SMILES string of the molecule is O=C(Nc1cccc(Cl)c1)C1CCCN(c2ncnc3nc[nH]c23)C1. The molecule has 1 unspecified atom stereocenters. The largest absolute Gasteiger partial charge is 0.354 e. The van der Waals surface area contributed by atoms with Crippen molar-refractivity contribution in [2.24, 2.45) is 5.92 Å². The van der Waals surface area contributed by atoms with Gasteiger partial charge in [-0.05, 0) is 31.0 Å². The van der Waals surface area contributed by atoms with Crippen molar-refractivity contribution in [3.63, 3.8) is 0 Å². The molecule has 2 aromatic heterocycles. The Morgan fingerprint density at radius 3 is 3.12 bits per heavy atom. The maximum Gasteiger partial charge on any atom is 0.229 e. The maximum absolute atomic E-state index is 12.6. The standard InChI is InChI=1S/C17H17ClN6O/c18-12-4-1-5-13(7-12)23-17(25)11-3-2-6-24(8-11)16-14-15(20-9-19-14)21-10-22-16/h1,4-5,7,9-11H,2-3,6,8H2,(H,23,25)(H,19,20,21,22). The number of nitrogens with one attached hydrogen (secondary N) is 2. The summed E-state index contributed by atoms with van der Waals surface area (Å²) < 4.78 is 0. The normalized spacial score (nSPS) is 17.6. The van der Waals surface area contributed by atoms with Crippen LogP contribution in [0.4, 0.5) is 11.5 Å². The van der Waals surface area contributed by atoms with Gasteiger partial charge in [0.15, 0.2) is 11.5 Å². The van der Waals surface area contributed by atoms with Crippen molar-refractivity contribution in [3.8, 4) is 0 Å². The Bertz CT molecular complexity index is 911. The monoisotopic (exact) mass is 356 g/mol. The van der Waals surface area contributed by atoms with Crippen molar-refractivity contribution in [2.45, 2.75) is 12.8 Å². The highest BCUT2D eigenvalue weighted by atomic mass is 35.5. The number of imidazole rings is 1. The zero-order valence-corrected chi connectivity index (χ0v) is 14.2. The van der Waals surface area contributed by atoms with E-state index in [4.69, 9.17) is 11.6 Å². The van der Waals surface area contributed by atoms with Crippen LogP contribution in [0.5, 0.6) is 0 Å². The lowest BCUT2D eigenvalue weighted by molar-refractivity contribution is -0.120. The predicted octanol–water partition coefficient (Wildman–Crippen LogP) is 2.86. The third-order valence-corrected chi connectivity index (χ3v) is 4.62. The second-order valence-electron chi connectivity index (χ2n) is 6.08. The average molecular weight is 357 g/mol. The first kappa shape index (κ1) is 15.8. The molecule has 1 atom stereocenters. The number of carbonyl (C=O) groups excluding carboxylic acids is 1. The van der Waals surface area contributed by atoms with Gasteiger partial charge in [-0.15, -0.1) is 0 Å². The molecule has 2 N–H and O–H groups in total. The van der Waals surface area contributed by atoms with Crippen molar-refractivity contribution in [3.05, 3.63) is 41.9 Å². The van der Waals surface area contributed by atoms with Gasteiger partial charge in [-0.2, -0.15) is 0 Å². The van der Waals surface area contributed by atoms with Crippen LogP contribution in [0, 0.1) is 5.92 Å². The number of benzene rings is 1. The number of amides is 1. The number of hydrogen-bond acceptors (Lipinski definition) is 5. The molecule has 0 spiro atoms. The third-order valence-electron chi connectivity index (χ3n) is 4.39. The summed E-state index contributed by atoms with van der Waals surface area (Å²) in [5.74, 6) is 0.685. The van der Waals surface area contributed by atoms with Gasteiger partial charge in [0.05, 0.1) is 12.2 Å². The number of aromatic nitrogens is 4. The Hall–Kier alpha value is -2.67. The molecule has 0 bridgehead atoms. The van der Waals surface area contributed by atoms with E-state index in [9.17, 15) is 4.79 Å². The highest BCUT2D eigenvalue weighted by Gasteiger charge is 2.28. The molecule has 128 valence electrons. The van der Waals surface area contributed by atoms with E-state index in [1.807, 2.05) is 12.1 Å². The predicted molar refractivity (Wildman–Crippen MR) is 96.7 cm³/mol. The summed E-state index contributed by atoms with van der Waals surface area (Å²) in [6, 6.07) is 7.19. The molecule has 1 aromatic carbocycles. The molecule has 0 aliphatic carbocycles. The molecule has 0 saturated carbocycles. The summed E-state index contributed by atoms with van der Waals surface area (Å²) in [6.45, 7) is 1.46. The second kappa shape index (κ2) is 6.68. The van der Waals surface area contributed by atoms with Crippen molar-refractivity contribution >= 4 is 40.2 Å². The number of fused-ring (bicyclic) bond motifs is 1. The molecule has 1 amide bonds. The number of anilines is 2. The van der Waals surface area contributed by atoms with Crippen LogP contribution in [-0.2, 0) is 4.79 Å². The minimum absolute atomic E-state index is 0.00174. The minimum atomic E-state index is -0.110. The van der Waals surface area contributed by atoms with Gasteiger partial charge in [-0.1, -0.05) is 17.7 Å². The number of halogens is 1. The molecule has 0 radical (unpaired) electrons. The van der Waals surface area contributed by atoms with Crippen LogP contribution in [0.2, 0.25) is 5.02 Å². The molecule has 3 heterocycles. The van der Waals surface area contributed by atoms with Crippen molar-refractivity contribution < 1.29 is 4.79 Å². The van der Waals surface area contributed by atoms with Crippen molar-refractivity contribution in [1.29, 1.82) is 0 Å². The highest BCUT2D eigenvalue weighted by Crippen LogP contribution is 2.26. The number of hydrogen-bond donors (Lipinski definition) is 2. The summed E-state index contributed by atoms with van der Waals surface area (Å²) in [5.41, 5.74) is 2.15. The Morgan fingerprint density at radius 2 is 2.24 bits per heavy atom. The molecule has 1 aliphatic heterocycles. The van der Waals surface area contributed by atoms with Crippen LogP contribution < -0.4 is 10.2 Å². The summed E-state index contributed by atoms with van der Waals surface area (Å²) in [6.07, 6.45) is 4.89. The van der Waals surface area contributed by atoms with Crippen LogP contribution in [0.25, 0.3) is 11.2 Å². The fourth-order valence-electron chi connectivity index (χ4n) is 3.19. The van der Waals surface area contributed by atoms with E-state index in [1.54, 1.807) is 18.5 Å². The van der Waals surface area contributed by atoms with Gasteiger partial charge in [-0.3, -0.25) is 4.79 Å². The summed E-state index contributed by atoms with van der Waals surface area (Å²) in [7, 11) is 0. The van der Waals surface area contributed by atoms with Crippen molar-refractivity contribution in [2.75, 3.05) is 23.3 Å². The van der Waals surface area contributed by atoms with E-state index in [1.165, 1.54) is 6.33 Å². The zero-order chi connectivity index (χ0) is 17.2. The molecular weight excluding hydrogens is 340 g/mol. The van der Waals surface area contributed by atoms with Gasteiger partial charge in [-0.25, -0.2) is 15.0 Å². The van der Waals surface area contributed by atoms with E-state index >= 15 is 0 Å². The molecule has 7 nitrogen and oxygen atoms in total. The number of rotatable bonds is 3. The fourth-order valence-corrected chi connectivity index (χ4v) is 3.38. The zero-order valence-electron chi connectivity index (χ0n) is 13.4. The Kier molecular flexibility index (Phi) is 4.23. The molecule has 1 saturated heterocycles. The summed E-state index contributed by atoms with van der Waals surface area (Å²) in [5, 5.41) is 3.56. The highest BCUT2D eigenvalue weighted by molar-refractivity contribution is 6.30. The number of aromatic amines is 1. The number of nitrogens with zero attached hydrogens (tertiary/aromatic N) is 4. The average Bonchev–Trinajstić information content (AvgIpc) is 3.10. The number of H-pyrrole nitrogens is 1. The smallest absolute Gasteiger partial charge is 0.229 e. The lowest BCUT2D eigenvalue weighted by atomic mass is 9.97. The minimum Gasteiger partial charge on any atom is -0.354 e. The van der Waals surface area contributed by atoms with Crippen LogP contribution >= 0.6 is 11.6 Å². The lowest BCUT2D eigenvalue weighted by Crippen LogP contribution is -2.41. The maximum atomic E-state index is 12.6. The quantitative estimate of drug-likeness (QED) is 0.753. The van der Waals surface area contributed by atoms with Crippen molar-refractivity contribution in [1.82, 2.24) is 19.9 Å². The summed E-state index contributed by atoms with van der Waals surface area (Å²) in [4.78, 5) is 30.5. The molecule has 25 heavy (non-hydrogen) atoms. The van der Waals surface area contributed by atoms with E-state index in [0.29, 0.717) is 22.9 Å². The molecular formula is C17H17ClN6O. The topological polar surface area (TPSA) is 86.8 Å². The van der Waals surface area contributed by atoms with Gasteiger partial charge in [0.1, 0.15) is 11.8 Å².